The molecular formula is C25H50O3. The second kappa shape index (κ2) is 23.8. The van der Waals surface area contributed by atoms with Crippen LogP contribution in [0.4, 0.5) is 0 Å². The molecule has 0 saturated heterocycles. The highest BCUT2D eigenvalue weighted by molar-refractivity contribution is 5.92. The van der Waals surface area contributed by atoms with Crippen molar-refractivity contribution in [3.8, 4) is 0 Å². The van der Waals surface area contributed by atoms with Gasteiger partial charge >= 0.3 is 0 Å². The highest BCUT2D eigenvalue weighted by atomic mass is 16.3. The maximum Gasteiger partial charge on any atom is 0.155 e. The highest BCUT2D eigenvalue weighted by Crippen LogP contribution is 2.10. The molecule has 0 spiro atoms. The molecule has 4 atom stereocenters. The molecule has 3 heteroatoms. The van der Waals surface area contributed by atoms with Crippen molar-refractivity contribution in [3.05, 3.63) is 23.3 Å². The summed E-state index contributed by atoms with van der Waals surface area (Å²) in [5.74, 6) is 1.40. The Morgan fingerprint density at radius 3 is 1.32 bits per heavy atom. The van der Waals surface area contributed by atoms with Crippen molar-refractivity contribution in [3.63, 3.8) is 0 Å². The summed E-state index contributed by atoms with van der Waals surface area (Å²) in [7, 11) is 0. The first kappa shape index (κ1) is 34.3. The van der Waals surface area contributed by atoms with Crippen LogP contribution < -0.4 is 0 Å². The van der Waals surface area contributed by atoms with E-state index in [-0.39, 0.29) is 17.8 Å². The van der Waals surface area contributed by atoms with E-state index in [0.717, 1.165) is 24.7 Å². The normalized spacial score (nSPS) is 15.2. The second-order valence-corrected chi connectivity index (χ2v) is 7.52. The third-order valence-electron chi connectivity index (χ3n) is 5.26. The molecule has 4 unspecified atom stereocenters. The topological polar surface area (TPSA) is 54.4 Å². The lowest BCUT2D eigenvalue weighted by Crippen LogP contribution is -2.10. The number of aldehydes is 1. The Kier molecular flexibility index (Phi) is 29.2. The fraction of sp³-hybridized carbons (Fsp3) is 0.760. The summed E-state index contributed by atoms with van der Waals surface area (Å²) < 4.78 is 0. The van der Waals surface area contributed by atoms with Crippen molar-refractivity contribution in [2.45, 2.75) is 108 Å². The molecule has 0 aromatic rings. The number of carbonyl (C=O) groups is 2. The van der Waals surface area contributed by atoms with Gasteiger partial charge in [-0.25, -0.2) is 0 Å². The van der Waals surface area contributed by atoms with Crippen LogP contribution >= 0.6 is 0 Å². The van der Waals surface area contributed by atoms with Gasteiger partial charge in [-0.3, -0.25) is 4.79 Å². The van der Waals surface area contributed by atoms with E-state index >= 15 is 0 Å². The number of hydrogen-bond acceptors (Lipinski definition) is 3. The van der Waals surface area contributed by atoms with Gasteiger partial charge in [0, 0.05) is 5.92 Å². The van der Waals surface area contributed by atoms with E-state index in [0.29, 0.717) is 11.8 Å². The van der Waals surface area contributed by atoms with Gasteiger partial charge in [-0.05, 0) is 65.4 Å². The molecule has 0 fully saturated rings. The van der Waals surface area contributed by atoms with Gasteiger partial charge in [-0.2, -0.15) is 0 Å². The molecule has 28 heavy (non-hydrogen) atoms. The summed E-state index contributed by atoms with van der Waals surface area (Å²) in [6.45, 7) is 23.7. The lowest BCUT2D eigenvalue weighted by atomic mass is 9.95. The molecule has 3 nitrogen and oxygen atoms in total. The lowest BCUT2D eigenvalue weighted by molar-refractivity contribution is -0.113. The molecule has 0 aliphatic carbocycles. The molecule has 0 aromatic heterocycles. The number of Topliss-reactive ketones (excluding diaryl/α,β-unsaturated/α-hetero) is 1. The van der Waals surface area contributed by atoms with Crippen LogP contribution in [0.1, 0.15) is 102 Å². The van der Waals surface area contributed by atoms with Crippen LogP contribution in [0.15, 0.2) is 23.3 Å². The van der Waals surface area contributed by atoms with Crippen molar-refractivity contribution in [1.82, 2.24) is 0 Å². The van der Waals surface area contributed by atoms with Crippen molar-refractivity contribution in [1.29, 1.82) is 0 Å². The molecule has 0 heterocycles. The number of carbonyl (C=O) groups excluding carboxylic acids is 2. The summed E-state index contributed by atoms with van der Waals surface area (Å²) >= 11 is 0. The van der Waals surface area contributed by atoms with E-state index in [9.17, 15) is 9.59 Å². The molecule has 0 bridgehead atoms. The molecule has 0 aliphatic rings. The third-order valence-corrected chi connectivity index (χ3v) is 5.26. The molecule has 168 valence electrons. The van der Waals surface area contributed by atoms with Crippen molar-refractivity contribution in [2.75, 3.05) is 0 Å². The summed E-state index contributed by atoms with van der Waals surface area (Å²) in [6.07, 6.45) is 8.19. The number of hydrogen-bond donors (Lipinski definition) is 1. The number of aliphatic hydroxyl groups excluding tert-OH is 1. The van der Waals surface area contributed by atoms with E-state index in [2.05, 4.69) is 47.6 Å². The lowest BCUT2D eigenvalue weighted by Gasteiger charge is -2.09. The Labute approximate surface area is 176 Å². The minimum atomic E-state index is -0.134. The van der Waals surface area contributed by atoms with E-state index in [1.54, 1.807) is 6.92 Å². The molecule has 0 saturated carbocycles. The Morgan fingerprint density at radius 2 is 1.29 bits per heavy atom. The van der Waals surface area contributed by atoms with E-state index in [4.69, 9.17) is 5.11 Å². The minimum absolute atomic E-state index is 0.134. The van der Waals surface area contributed by atoms with Gasteiger partial charge in [-0.15, -0.1) is 0 Å². The van der Waals surface area contributed by atoms with Gasteiger partial charge in [0.2, 0.25) is 0 Å². The van der Waals surface area contributed by atoms with Gasteiger partial charge < -0.3 is 9.90 Å². The standard InChI is InChI=1S/C7H14O.C6H14O.C6H10O.C6H12/c1-4-6(2)7(3)5-8;2*1-4-5(2)6(3)7;1-4-6(3)5-2/h5-7H,4H2,1-3H3;5-7H,4H2,1-3H3;4H,1-3H3;4H,5H2,1-3H3/b;;5-4+;6-4+. The second-order valence-electron chi connectivity index (χ2n) is 7.52. The Balaban J connectivity index is -0.000000138. The summed E-state index contributed by atoms with van der Waals surface area (Å²) in [6, 6.07) is 0. The molecule has 0 amide bonds. The van der Waals surface area contributed by atoms with Crippen LogP contribution in [0.3, 0.4) is 0 Å². The number of aliphatic hydroxyl groups is 1. The largest absolute Gasteiger partial charge is 0.393 e. The smallest absolute Gasteiger partial charge is 0.155 e. The van der Waals surface area contributed by atoms with Gasteiger partial charge in [0.1, 0.15) is 6.29 Å². The van der Waals surface area contributed by atoms with Gasteiger partial charge in [0.05, 0.1) is 6.10 Å². The van der Waals surface area contributed by atoms with Crippen LogP contribution in [0.2, 0.25) is 0 Å². The predicted octanol–water partition coefficient (Wildman–Crippen LogP) is 7.19. The van der Waals surface area contributed by atoms with Crippen LogP contribution in [0.25, 0.3) is 0 Å². The fourth-order valence-corrected chi connectivity index (χ4v) is 1.25. The number of allylic oxidation sites excluding steroid dienone is 4. The molecule has 0 aliphatic heterocycles. The Hall–Kier alpha value is -1.22. The average Bonchev–Trinajstić information content (AvgIpc) is 2.71. The summed E-state index contributed by atoms with van der Waals surface area (Å²) in [5, 5.41) is 8.82. The zero-order valence-corrected chi connectivity index (χ0v) is 20.9. The zero-order valence-electron chi connectivity index (χ0n) is 20.9. The quantitative estimate of drug-likeness (QED) is 0.280. The van der Waals surface area contributed by atoms with E-state index in [1.165, 1.54) is 12.0 Å². The van der Waals surface area contributed by atoms with Crippen molar-refractivity contribution in [2.24, 2.45) is 17.8 Å². The predicted molar refractivity (Wildman–Crippen MR) is 126 cm³/mol. The Bertz CT molecular complexity index is 420. The molecule has 0 radical (unpaired) electrons. The maximum absolute atomic E-state index is 10.3. The van der Waals surface area contributed by atoms with Crippen LogP contribution in [0, 0.1) is 17.8 Å². The average molecular weight is 399 g/mol. The van der Waals surface area contributed by atoms with Gasteiger partial charge in [0.15, 0.2) is 5.78 Å². The van der Waals surface area contributed by atoms with Gasteiger partial charge in [-0.1, -0.05) is 72.1 Å². The van der Waals surface area contributed by atoms with E-state index < -0.39 is 0 Å². The SMILES string of the molecule is C/C=C(\C)C(C)=O.C/C=C(\C)CC.CCC(C)C(C)C=O.CCC(C)C(C)O. The first-order valence-corrected chi connectivity index (χ1v) is 10.8. The van der Waals surface area contributed by atoms with Crippen molar-refractivity contribution >= 4 is 12.1 Å². The van der Waals surface area contributed by atoms with Crippen molar-refractivity contribution < 1.29 is 14.7 Å². The van der Waals surface area contributed by atoms with Gasteiger partial charge in [0.25, 0.3) is 0 Å². The summed E-state index contributed by atoms with van der Waals surface area (Å²) in [4.78, 5) is 20.4. The van der Waals surface area contributed by atoms with Crippen LogP contribution in [-0.2, 0) is 9.59 Å². The molecule has 1 N–H and O–H groups in total. The zero-order chi connectivity index (χ0) is 23.3. The maximum atomic E-state index is 10.3. The fourth-order valence-electron chi connectivity index (χ4n) is 1.25. The highest BCUT2D eigenvalue weighted by Gasteiger charge is 2.06. The first-order valence-electron chi connectivity index (χ1n) is 10.8. The Morgan fingerprint density at radius 1 is 0.857 bits per heavy atom. The molecular weight excluding hydrogens is 348 g/mol. The third kappa shape index (κ3) is 27.0. The minimum Gasteiger partial charge on any atom is -0.393 e. The first-order chi connectivity index (χ1) is 12.9. The number of rotatable bonds is 7. The molecule has 0 rings (SSSR count). The van der Waals surface area contributed by atoms with Crippen LogP contribution in [-0.4, -0.2) is 23.3 Å². The monoisotopic (exact) mass is 398 g/mol. The van der Waals surface area contributed by atoms with Crippen LogP contribution in [0.5, 0.6) is 0 Å². The van der Waals surface area contributed by atoms with E-state index in [1.807, 2.05) is 40.7 Å². The number of ketones is 1. The molecule has 0 aromatic carbocycles. The summed E-state index contributed by atoms with van der Waals surface area (Å²) in [5.41, 5.74) is 2.30.